The molecule has 0 radical (unpaired) electrons. The summed E-state index contributed by atoms with van der Waals surface area (Å²) in [6.45, 7) is 6.42. The number of carbonyl (C=O) groups excluding carboxylic acids is 1. The molecular formula is C19H29N3O3. The molecule has 1 fully saturated rings. The third-order valence-corrected chi connectivity index (χ3v) is 4.55. The number of nitrogens with one attached hydrogen (secondary N) is 1. The van der Waals surface area contributed by atoms with Gasteiger partial charge in [0.15, 0.2) is 0 Å². The van der Waals surface area contributed by atoms with Crippen LogP contribution in [0.3, 0.4) is 0 Å². The van der Waals surface area contributed by atoms with Crippen LogP contribution in [-0.4, -0.2) is 59.6 Å². The van der Waals surface area contributed by atoms with E-state index in [1.54, 1.807) is 4.90 Å². The highest BCUT2D eigenvalue weighted by atomic mass is 16.4. The fraction of sp³-hybridized carbons (Fsp3) is 0.579. The molecule has 0 bridgehead atoms. The van der Waals surface area contributed by atoms with Gasteiger partial charge in [0.2, 0.25) is 0 Å². The zero-order valence-corrected chi connectivity index (χ0v) is 15.3. The van der Waals surface area contributed by atoms with Gasteiger partial charge in [-0.25, -0.2) is 4.79 Å². The van der Waals surface area contributed by atoms with E-state index in [4.69, 9.17) is 0 Å². The summed E-state index contributed by atoms with van der Waals surface area (Å²) in [6.07, 6.45) is 0.633. The fourth-order valence-electron chi connectivity index (χ4n) is 3.47. The molecule has 138 valence electrons. The lowest BCUT2D eigenvalue weighted by atomic mass is 9.91. The van der Waals surface area contributed by atoms with Crippen LogP contribution in [-0.2, 0) is 11.3 Å². The number of nitrogens with zero attached hydrogens (tertiary/aromatic N) is 2. The highest BCUT2D eigenvalue weighted by Crippen LogP contribution is 2.21. The highest BCUT2D eigenvalue weighted by Gasteiger charge is 2.32. The third kappa shape index (κ3) is 6.05. The number of amides is 2. The van der Waals surface area contributed by atoms with Gasteiger partial charge in [-0.1, -0.05) is 37.3 Å². The first-order valence-corrected chi connectivity index (χ1v) is 8.86. The van der Waals surface area contributed by atoms with Crippen LogP contribution in [0, 0.1) is 11.8 Å². The summed E-state index contributed by atoms with van der Waals surface area (Å²) in [5.41, 5.74) is 1.23. The van der Waals surface area contributed by atoms with Crippen molar-refractivity contribution < 1.29 is 14.7 Å². The molecule has 0 saturated carbocycles. The Morgan fingerprint density at radius 3 is 2.64 bits per heavy atom. The monoisotopic (exact) mass is 347 g/mol. The van der Waals surface area contributed by atoms with Crippen LogP contribution in [0.15, 0.2) is 30.3 Å². The van der Waals surface area contributed by atoms with E-state index in [1.807, 2.05) is 39.1 Å². The van der Waals surface area contributed by atoms with Crippen molar-refractivity contribution in [3.63, 3.8) is 0 Å². The van der Waals surface area contributed by atoms with Crippen LogP contribution in [0.4, 0.5) is 4.79 Å². The van der Waals surface area contributed by atoms with E-state index in [1.165, 1.54) is 5.56 Å². The molecule has 2 amide bonds. The number of rotatable bonds is 6. The summed E-state index contributed by atoms with van der Waals surface area (Å²) in [5, 5.41) is 12.2. The molecule has 1 aromatic carbocycles. The molecule has 3 unspecified atom stereocenters. The van der Waals surface area contributed by atoms with Gasteiger partial charge in [0.05, 0.1) is 5.92 Å². The molecule has 1 heterocycles. The van der Waals surface area contributed by atoms with Crippen molar-refractivity contribution in [3.8, 4) is 0 Å². The smallest absolute Gasteiger partial charge is 0.317 e. The van der Waals surface area contributed by atoms with Crippen LogP contribution in [0.2, 0.25) is 0 Å². The number of likely N-dealkylation sites (N-methyl/N-ethyl adjacent to an activating group) is 1. The lowest BCUT2D eigenvalue weighted by Gasteiger charge is -2.35. The Bertz CT molecular complexity index is 579. The second-order valence-electron chi connectivity index (χ2n) is 7.31. The topological polar surface area (TPSA) is 72.9 Å². The van der Waals surface area contributed by atoms with E-state index in [9.17, 15) is 14.7 Å². The average molecular weight is 347 g/mol. The predicted octanol–water partition coefficient (Wildman–Crippen LogP) is 2.26. The molecule has 2 rings (SSSR count). The number of piperidine rings is 1. The molecule has 1 aliphatic rings. The number of urea groups is 1. The van der Waals surface area contributed by atoms with Crippen LogP contribution in [0.25, 0.3) is 0 Å². The first-order valence-electron chi connectivity index (χ1n) is 8.86. The van der Waals surface area contributed by atoms with Crippen molar-refractivity contribution in [3.05, 3.63) is 35.9 Å². The average Bonchev–Trinajstić information content (AvgIpc) is 2.54. The SMILES string of the molecule is CC1CC(C(=O)O)CN(C(=O)NC(C)CN(C)Cc2ccccc2)C1. The Kier molecular flexibility index (Phi) is 6.82. The van der Waals surface area contributed by atoms with Crippen molar-refractivity contribution in [2.24, 2.45) is 11.8 Å². The van der Waals surface area contributed by atoms with E-state index in [-0.39, 0.29) is 24.5 Å². The van der Waals surface area contributed by atoms with Crippen LogP contribution >= 0.6 is 0 Å². The quantitative estimate of drug-likeness (QED) is 0.828. The molecule has 6 nitrogen and oxygen atoms in total. The normalized spacial score (nSPS) is 21.8. The molecule has 0 aliphatic carbocycles. The first-order chi connectivity index (χ1) is 11.8. The summed E-state index contributed by atoms with van der Waals surface area (Å²) in [6, 6.07) is 10.0. The number of benzene rings is 1. The molecule has 0 aromatic heterocycles. The molecule has 1 aliphatic heterocycles. The maximum atomic E-state index is 12.5. The second kappa shape index (κ2) is 8.85. The molecule has 0 spiro atoms. The van der Waals surface area contributed by atoms with Crippen molar-refractivity contribution in [2.75, 3.05) is 26.7 Å². The lowest BCUT2D eigenvalue weighted by molar-refractivity contribution is -0.143. The zero-order chi connectivity index (χ0) is 18.4. The highest BCUT2D eigenvalue weighted by molar-refractivity contribution is 5.76. The van der Waals surface area contributed by atoms with Crippen LogP contribution in [0.1, 0.15) is 25.8 Å². The van der Waals surface area contributed by atoms with E-state index in [2.05, 4.69) is 22.3 Å². The summed E-state index contributed by atoms with van der Waals surface area (Å²) >= 11 is 0. The van der Waals surface area contributed by atoms with E-state index in [0.29, 0.717) is 13.0 Å². The number of aliphatic carboxylic acids is 1. The number of carboxylic acids is 1. The minimum atomic E-state index is -0.819. The standard InChI is InChI=1S/C19H29N3O3/c1-14-9-17(18(23)24)13-22(10-14)19(25)20-15(2)11-21(3)12-16-7-5-4-6-8-16/h4-8,14-15,17H,9-13H2,1-3H3,(H,20,25)(H,23,24). The number of hydrogen-bond donors (Lipinski definition) is 2. The van der Waals surface area contributed by atoms with Gasteiger partial charge in [-0.15, -0.1) is 0 Å². The van der Waals surface area contributed by atoms with E-state index < -0.39 is 11.9 Å². The van der Waals surface area contributed by atoms with Gasteiger partial charge >= 0.3 is 12.0 Å². The number of carbonyl (C=O) groups is 2. The molecule has 25 heavy (non-hydrogen) atoms. The van der Waals surface area contributed by atoms with E-state index >= 15 is 0 Å². The third-order valence-electron chi connectivity index (χ3n) is 4.55. The van der Waals surface area contributed by atoms with Crippen LogP contribution in [0.5, 0.6) is 0 Å². The fourth-order valence-corrected chi connectivity index (χ4v) is 3.47. The largest absolute Gasteiger partial charge is 0.481 e. The molecule has 6 heteroatoms. The Labute approximate surface area is 149 Å². The van der Waals surface area contributed by atoms with Crippen LogP contribution < -0.4 is 5.32 Å². The van der Waals surface area contributed by atoms with Gasteiger partial charge in [-0.3, -0.25) is 4.79 Å². The van der Waals surface area contributed by atoms with Gasteiger partial charge in [0.1, 0.15) is 0 Å². The Morgan fingerprint density at radius 1 is 1.32 bits per heavy atom. The number of likely N-dealkylation sites (tertiary alicyclic amines) is 1. The zero-order valence-electron chi connectivity index (χ0n) is 15.3. The summed E-state index contributed by atoms with van der Waals surface area (Å²) in [7, 11) is 2.03. The van der Waals surface area contributed by atoms with Crippen molar-refractivity contribution in [1.29, 1.82) is 0 Å². The van der Waals surface area contributed by atoms with Gasteiger partial charge < -0.3 is 20.2 Å². The Balaban J connectivity index is 1.81. The van der Waals surface area contributed by atoms with Crippen molar-refractivity contribution in [2.45, 2.75) is 32.9 Å². The molecule has 1 saturated heterocycles. The summed E-state index contributed by atoms with van der Waals surface area (Å²) in [5.74, 6) is -1.08. The van der Waals surface area contributed by atoms with Gasteiger partial charge in [0, 0.05) is 32.2 Å². The maximum absolute atomic E-state index is 12.5. The van der Waals surface area contributed by atoms with Gasteiger partial charge in [-0.2, -0.15) is 0 Å². The summed E-state index contributed by atoms with van der Waals surface area (Å²) in [4.78, 5) is 27.5. The first kappa shape index (κ1) is 19.2. The molecule has 2 N–H and O–H groups in total. The molecular weight excluding hydrogens is 318 g/mol. The molecule has 1 aromatic rings. The van der Waals surface area contributed by atoms with Crippen molar-refractivity contribution in [1.82, 2.24) is 15.1 Å². The Hall–Kier alpha value is -2.08. The molecule has 3 atom stereocenters. The number of hydrogen-bond acceptors (Lipinski definition) is 3. The number of carboxylic acid groups (broad SMARTS) is 1. The van der Waals surface area contributed by atoms with E-state index in [0.717, 1.165) is 13.1 Å². The van der Waals surface area contributed by atoms with Crippen molar-refractivity contribution >= 4 is 12.0 Å². The predicted molar refractivity (Wildman–Crippen MR) is 97.2 cm³/mol. The maximum Gasteiger partial charge on any atom is 0.317 e. The second-order valence-corrected chi connectivity index (χ2v) is 7.31. The lowest BCUT2D eigenvalue weighted by Crippen LogP contribution is -2.52. The minimum absolute atomic E-state index is 0.0123. The van der Waals surface area contributed by atoms with Gasteiger partial charge in [-0.05, 0) is 31.9 Å². The summed E-state index contributed by atoms with van der Waals surface area (Å²) < 4.78 is 0. The minimum Gasteiger partial charge on any atom is -0.481 e. The Morgan fingerprint density at radius 2 is 2.00 bits per heavy atom. The van der Waals surface area contributed by atoms with Gasteiger partial charge in [0.25, 0.3) is 0 Å².